The molecule has 1 fully saturated rings. The van der Waals surface area contributed by atoms with E-state index < -0.39 is 35.8 Å². The lowest BCUT2D eigenvalue weighted by Crippen LogP contribution is -2.56. The van der Waals surface area contributed by atoms with Crippen molar-refractivity contribution in [1.82, 2.24) is 26.4 Å². The highest BCUT2D eigenvalue weighted by Gasteiger charge is 2.31. The van der Waals surface area contributed by atoms with Crippen LogP contribution in [0.4, 0.5) is 0 Å². The number of carbonyl (C=O) groups is 5. The fraction of sp³-hybridized carbons (Fsp3) is 0.438. The molecule has 4 atom stereocenters. The Bertz CT molecular complexity index is 1460. The molecule has 43 heavy (non-hydrogen) atoms. The van der Waals surface area contributed by atoms with Crippen molar-refractivity contribution in [2.45, 2.75) is 71.0 Å². The summed E-state index contributed by atoms with van der Waals surface area (Å²) >= 11 is 0. The van der Waals surface area contributed by atoms with Crippen molar-refractivity contribution in [2.75, 3.05) is 6.54 Å². The number of nitrogens with zero attached hydrogens (tertiary/aromatic N) is 1. The van der Waals surface area contributed by atoms with Crippen molar-refractivity contribution in [2.24, 2.45) is 11.8 Å². The van der Waals surface area contributed by atoms with Crippen LogP contribution in [0.3, 0.4) is 0 Å². The molecule has 11 heteroatoms. The number of rotatable bonds is 13. The standard InChI is InChI=1S/C32H39N5O6/c1-19(2)14-26(30(40)34-24(18-38)16-23-11-7-13-33-29(23)39)35-31(41)27(36-32(42)28-15-20(3)43-37-28)17-22-10-6-9-21-8-4-5-12-25(21)22/h4-6,8-10,12,15,18-19,23-24,26-27H,7,11,13-14,16-17H2,1-3H3,(H,33,39)(H,34,40)(H,35,41)(H,36,42)/t23-,24?,26-,27?/m0/s1. The van der Waals surface area contributed by atoms with Crippen LogP contribution in [-0.2, 0) is 25.6 Å². The number of aryl methyl sites for hydroxylation is 1. The van der Waals surface area contributed by atoms with Crippen LogP contribution in [0.1, 0.15) is 61.3 Å². The second kappa shape index (κ2) is 14.6. The number of amides is 4. The molecule has 11 nitrogen and oxygen atoms in total. The van der Waals surface area contributed by atoms with Crippen LogP contribution < -0.4 is 21.3 Å². The van der Waals surface area contributed by atoms with Gasteiger partial charge in [0.1, 0.15) is 24.1 Å². The lowest BCUT2D eigenvalue weighted by molar-refractivity contribution is -0.132. The van der Waals surface area contributed by atoms with Gasteiger partial charge in [-0.25, -0.2) is 0 Å². The highest BCUT2D eigenvalue weighted by Crippen LogP contribution is 2.21. The van der Waals surface area contributed by atoms with Gasteiger partial charge in [-0.3, -0.25) is 19.2 Å². The third kappa shape index (κ3) is 8.50. The van der Waals surface area contributed by atoms with Crippen molar-refractivity contribution in [3.8, 4) is 0 Å². The third-order valence-corrected chi connectivity index (χ3v) is 7.56. The van der Waals surface area contributed by atoms with Crippen molar-refractivity contribution in [3.05, 3.63) is 65.5 Å². The summed E-state index contributed by atoms with van der Waals surface area (Å²) in [4.78, 5) is 64.4. The van der Waals surface area contributed by atoms with Crippen LogP contribution in [0, 0.1) is 18.8 Å². The largest absolute Gasteiger partial charge is 0.361 e. The Kier molecular flexibility index (Phi) is 10.6. The molecule has 4 rings (SSSR count). The highest BCUT2D eigenvalue weighted by atomic mass is 16.5. The van der Waals surface area contributed by atoms with E-state index in [2.05, 4.69) is 26.4 Å². The molecule has 4 amide bonds. The van der Waals surface area contributed by atoms with E-state index in [1.54, 1.807) is 6.92 Å². The number of hydrogen-bond acceptors (Lipinski definition) is 7. The molecule has 0 aliphatic carbocycles. The third-order valence-electron chi connectivity index (χ3n) is 7.56. The van der Waals surface area contributed by atoms with E-state index in [4.69, 9.17) is 4.52 Å². The van der Waals surface area contributed by atoms with E-state index in [1.807, 2.05) is 56.3 Å². The quantitative estimate of drug-likeness (QED) is 0.223. The molecule has 2 aromatic carbocycles. The fourth-order valence-electron chi connectivity index (χ4n) is 5.38. The van der Waals surface area contributed by atoms with Gasteiger partial charge in [-0.2, -0.15) is 0 Å². The molecule has 1 aliphatic heterocycles. The summed E-state index contributed by atoms with van der Waals surface area (Å²) in [5.74, 6) is -1.71. The molecule has 1 aromatic heterocycles. The minimum absolute atomic E-state index is 0.0269. The molecule has 2 unspecified atom stereocenters. The van der Waals surface area contributed by atoms with Crippen molar-refractivity contribution in [1.29, 1.82) is 0 Å². The molecule has 0 saturated carbocycles. The van der Waals surface area contributed by atoms with Crippen molar-refractivity contribution < 1.29 is 28.5 Å². The molecule has 1 aliphatic rings. The van der Waals surface area contributed by atoms with Crippen LogP contribution in [0.2, 0.25) is 0 Å². The Morgan fingerprint density at radius 2 is 1.79 bits per heavy atom. The first kappa shape index (κ1) is 31.4. The van der Waals surface area contributed by atoms with Gasteiger partial charge in [0.05, 0.1) is 6.04 Å². The SMILES string of the molecule is Cc1cc(C(=O)NC(Cc2cccc3ccccc23)C(=O)N[C@@H](CC(C)C)C(=O)NC(C=O)C[C@@H]2CCCNC2=O)no1. The Labute approximate surface area is 250 Å². The zero-order valence-corrected chi connectivity index (χ0v) is 24.7. The normalized spacial score (nSPS) is 17.0. The molecule has 0 bridgehead atoms. The van der Waals surface area contributed by atoms with Gasteiger partial charge in [-0.05, 0) is 54.9 Å². The first-order valence-corrected chi connectivity index (χ1v) is 14.7. The highest BCUT2D eigenvalue weighted by molar-refractivity contribution is 5.98. The minimum atomic E-state index is -1.05. The summed E-state index contributed by atoms with van der Waals surface area (Å²) in [6.45, 7) is 6.09. The van der Waals surface area contributed by atoms with Crippen LogP contribution in [-0.4, -0.2) is 59.7 Å². The smallest absolute Gasteiger partial charge is 0.274 e. The molecule has 228 valence electrons. The second-order valence-corrected chi connectivity index (χ2v) is 11.5. The van der Waals surface area contributed by atoms with Gasteiger partial charge in [-0.15, -0.1) is 0 Å². The predicted octanol–water partition coefficient (Wildman–Crippen LogP) is 2.61. The van der Waals surface area contributed by atoms with E-state index in [-0.39, 0.29) is 36.3 Å². The van der Waals surface area contributed by atoms with E-state index >= 15 is 0 Å². The first-order chi connectivity index (χ1) is 20.6. The number of aldehydes is 1. The number of piperidine rings is 1. The molecule has 1 saturated heterocycles. The minimum Gasteiger partial charge on any atom is -0.361 e. The summed E-state index contributed by atoms with van der Waals surface area (Å²) < 4.78 is 5.03. The topological polar surface area (TPSA) is 160 Å². The van der Waals surface area contributed by atoms with Gasteiger partial charge in [0.15, 0.2) is 5.69 Å². The maximum atomic E-state index is 13.8. The lowest BCUT2D eigenvalue weighted by Gasteiger charge is -2.27. The van der Waals surface area contributed by atoms with Crippen LogP contribution in [0.5, 0.6) is 0 Å². The molecular weight excluding hydrogens is 550 g/mol. The van der Waals surface area contributed by atoms with Crippen LogP contribution in [0.25, 0.3) is 10.8 Å². The van der Waals surface area contributed by atoms with E-state index in [9.17, 15) is 24.0 Å². The zero-order valence-electron chi connectivity index (χ0n) is 24.7. The Morgan fingerprint density at radius 1 is 1.05 bits per heavy atom. The molecule has 0 spiro atoms. The maximum absolute atomic E-state index is 13.8. The average molecular weight is 590 g/mol. The van der Waals surface area contributed by atoms with Gasteiger partial charge in [0.2, 0.25) is 17.7 Å². The second-order valence-electron chi connectivity index (χ2n) is 11.5. The summed E-state index contributed by atoms with van der Waals surface area (Å²) in [5.41, 5.74) is 0.872. The average Bonchev–Trinajstić information content (AvgIpc) is 3.43. The Balaban J connectivity index is 1.54. The fourth-order valence-corrected chi connectivity index (χ4v) is 5.38. The van der Waals surface area contributed by atoms with Gasteiger partial charge in [0, 0.05) is 24.9 Å². The number of nitrogens with one attached hydrogen (secondary N) is 4. The predicted molar refractivity (Wildman–Crippen MR) is 160 cm³/mol. The Morgan fingerprint density at radius 3 is 2.49 bits per heavy atom. The van der Waals surface area contributed by atoms with Gasteiger partial charge in [-0.1, -0.05) is 61.5 Å². The van der Waals surface area contributed by atoms with Crippen LogP contribution >= 0.6 is 0 Å². The molecular formula is C32H39N5O6. The lowest BCUT2D eigenvalue weighted by atomic mass is 9.91. The molecule has 2 heterocycles. The monoisotopic (exact) mass is 589 g/mol. The summed E-state index contributed by atoms with van der Waals surface area (Å²) in [5, 5.41) is 16.8. The van der Waals surface area contributed by atoms with E-state index in [0.29, 0.717) is 31.4 Å². The van der Waals surface area contributed by atoms with Gasteiger partial charge >= 0.3 is 0 Å². The maximum Gasteiger partial charge on any atom is 0.274 e. The number of fused-ring (bicyclic) bond motifs is 1. The Hall–Kier alpha value is -4.54. The molecule has 4 N–H and O–H groups in total. The van der Waals surface area contributed by atoms with Gasteiger partial charge in [0.25, 0.3) is 5.91 Å². The summed E-state index contributed by atoms with van der Waals surface area (Å²) in [6, 6.07) is 12.1. The molecule has 0 radical (unpaired) electrons. The number of benzene rings is 2. The van der Waals surface area contributed by atoms with E-state index in [1.165, 1.54) is 6.07 Å². The summed E-state index contributed by atoms with van der Waals surface area (Å²) in [6.07, 6.45) is 2.69. The van der Waals surface area contributed by atoms with Crippen LogP contribution in [0.15, 0.2) is 53.1 Å². The first-order valence-electron chi connectivity index (χ1n) is 14.7. The summed E-state index contributed by atoms with van der Waals surface area (Å²) in [7, 11) is 0. The zero-order chi connectivity index (χ0) is 30.9. The van der Waals surface area contributed by atoms with Gasteiger partial charge < -0.3 is 30.6 Å². The van der Waals surface area contributed by atoms with Crippen molar-refractivity contribution in [3.63, 3.8) is 0 Å². The number of aromatic nitrogens is 1. The number of carbonyl (C=O) groups excluding carboxylic acids is 5. The van der Waals surface area contributed by atoms with E-state index in [0.717, 1.165) is 22.8 Å². The van der Waals surface area contributed by atoms with Crippen molar-refractivity contribution >= 4 is 40.7 Å². The molecule has 3 aromatic rings. The number of hydrogen-bond donors (Lipinski definition) is 4.